The number of carbonyl (C=O) groups is 1. The van der Waals surface area contributed by atoms with E-state index in [1.165, 1.54) is 11.5 Å². The number of nitrogens with one attached hydrogen (secondary N) is 1. The number of anilines is 1. The number of sulfonamides is 1. The molecule has 0 fully saturated rings. The van der Waals surface area contributed by atoms with Crippen LogP contribution in [0.5, 0.6) is 0 Å². The van der Waals surface area contributed by atoms with Gasteiger partial charge < -0.3 is 5.32 Å². The fourth-order valence-electron chi connectivity index (χ4n) is 3.23. The lowest BCUT2D eigenvalue weighted by atomic mass is 10.2. The van der Waals surface area contributed by atoms with E-state index in [0.29, 0.717) is 16.3 Å². The average molecular weight is 486 g/mol. The zero-order valence-corrected chi connectivity index (χ0v) is 19.5. The van der Waals surface area contributed by atoms with Crippen molar-refractivity contribution in [1.82, 2.24) is 8.68 Å². The Morgan fingerprint density at radius 3 is 2.62 bits per heavy atom. The molecule has 1 heterocycles. The minimum absolute atomic E-state index is 0.0116. The Balaban J connectivity index is 1.60. The maximum absolute atomic E-state index is 13.4. The van der Waals surface area contributed by atoms with Crippen molar-refractivity contribution < 1.29 is 13.2 Å². The van der Waals surface area contributed by atoms with Crippen LogP contribution >= 0.6 is 23.1 Å². The molecule has 4 rings (SSSR count). The van der Waals surface area contributed by atoms with Gasteiger partial charge in [0.15, 0.2) is 0 Å². The standard InChI is InChI=1S/C23H20ClN3O3S2/c1-16-5-8-21(9-6-16)32(29,30)27(14-17-3-2-4-19(24)11-17)15-23(28)26-20-7-10-22-18(12-20)13-25-31-22/h2-13H,14-15H2,1H3,(H,26,28). The van der Waals surface area contributed by atoms with Crippen LogP contribution in [0.25, 0.3) is 10.1 Å². The number of rotatable bonds is 7. The summed E-state index contributed by atoms with van der Waals surface area (Å²) in [6.07, 6.45) is 1.73. The summed E-state index contributed by atoms with van der Waals surface area (Å²) in [5.41, 5.74) is 2.21. The second-order valence-electron chi connectivity index (χ2n) is 7.34. The summed E-state index contributed by atoms with van der Waals surface area (Å²) in [5, 5.41) is 4.20. The molecule has 32 heavy (non-hydrogen) atoms. The van der Waals surface area contributed by atoms with E-state index in [2.05, 4.69) is 9.69 Å². The van der Waals surface area contributed by atoms with Crippen molar-refractivity contribution in [1.29, 1.82) is 0 Å². The zero-order valence-electron chi connectivity index (χ0n) is 17.2. The van der Waals surface area contributed by atoms with Gasteiger partial charge in [0.25, 0.3) is 0 Å². The average Bonchev–Trinajstić information content (AvgIpc) is 3.21. The van der Waals surface area contributed by atoms with Gasteiger partial charge in [0, 0.05) is 28.8 Å². The van der Waals surface area contributed by atoms with Crippen molar-refractivity contribution >= 4 is 54.8 Å². The molecular weight excluding hydrogens is 466 g/mol. The molecule has 1 aromatic heterocycles. The number of halogens is 1. The molecule has 1 amide bonds. The molecule has 164 valence electrons. The molecule has 0 atom stereocenters. The Kier molecular flexibility index (Phi) is 6.57. The van der Waals surface area contributed by atoms with E-state index in [1.54, 1.807) is 60.8 Å². The predicted octanol–water partition coefficient (Wildman–Crippen LogP) is 5.09. The Bertz CT molecular complexity index is 1370. The third-order valence-electron chi connectivity index (χ3n) is 4.86. The van der Waals surface area contributed by atoms with E-state index in [0.717, 1.165) is 20.0 Å². The van der Waals surface area contributed by atoms with Gasteiger partial charge in [-0.2, -0.15) is 8.68 Å². The number of nitrogens with zero attached hydrogens (tertiary/aromatic N) is 2. The van der Waals surface area contributed by atoms with E-state index in [9.17, 15) is 13.2 Å². The van der Waals surface area contributed by atoms with Crippen LogP contribution in [0.2, 0.25) is 5.02 Å². The number of benzene rings is 3. The lowest BCUT2D eigenvalue weighted by Gasteiger charge is -2.22. The van der Waals surface area contributed by atoms with Crippen LogP contribution in [0.4, 0.5) is 5.69 Å². The minimum atomic E-state index is -3.92. The third kappa shape index (κ3) is 5.16. The Labute approximate surface area is 195 Å². The summed E-state index contributed by atoms with van der Waals surface area (Å²) >= 11 is 7.45. The number of fused-ring (bicyclic) bond motifs is 1. The first kappa shape index (κ1) is 22.4. The third-order valence-corrected chi connectivity index (χ3v) is 7.68. The quantitative estimate of drug-likeness (QED) is 0.395. The predicted molar refractivity (Wildman–Crippen MR) is 128 cm³/mol. The summed E-state index contributed by atoms with van der Waals surface area (Å²) in [5.74, 6) is -0.440. The smallest absolute Gasteiger partial charge is 0.243 e. The fourth-order valence-corrected chi connectivity index (χ4v) is 5.46. The molecule has 0 spiro atoms. The summed E-state index contributed by atoms with van der Waals surface area (Å²) in [4.78, 5) is 13.0. The number of carbonyl (C=O) groups excluding carboxylic acids is 1. The highest BCUT2D eigenvalue weighted by molar-refractivity contribution is 7.89. The van der Waals surface area contributed by atoms with Crippen molar-refractivity contribution in [2.75, 3.05) is 11.9 Å². The molecule has 0 saturated carbocycles. The van der Waals surface area contributed by atoms with Crippen LogP contribution in [0, 0.1) is 6.92 Å². The van der Waals surface area contributed by atoms with Crippen LogP contribution in [-0.4, -0.2) is 29.5 Å². The molecule has 9 heteroatoms. The molecule has 1 N–H and O–H groups in total. The van der Waals surface area contributed by atoms with Crippen molar-refractivity contribution in [3.05, 3.63) is 89.1 Å². The van der Waals surface area contributed by atoms with Crippen LogP contribution in [0.15, 0.2) is 77.8 Å². The van der Waals surface area contributed by atoms with Gasteiger partial charge in [-0.05, 0) is 66.5 Å². The van der Waals surface area contributed by atoms with Crippen LogP contribution in [-0.2, 0) is 21.4 Å². The minimum Gasteiger partial charge on any atom is -0.325 e. The molecule has 6 nitrogen and oxygen atoms in total. The Hall–Kier alpha value is -2.78. The van der Waals surface area contributed by atoms with E-state index in [1.807, 2.05) is 19.1 Å². The zero-order chi connectivity index (χ0) is 22.7. The van der Waals surface area contributed by atoms with Gasteiger partial charge in [-0.1, -0.05) is 41.4 Å². The van der Waals surface area contributed by atoms with Gasteiger partial charge in [0.05, 0.1) is 16.1 Å². The maximum Gasteiger partial charge on any atom is 0.243 e. The molecular formula is C23H20ClN3O3S2. The highest BCUT2D eigenvalue weighted by atomic mass is 35.5. The van der Waals surface area contributed by atoms with E-state index in [4.69, 9.17) is 11.6 Å². The largest absolute Gasteiger partial charge is 0.325 e. The van der Waals surface area contributed by atoms with Crippen LogP contribution < -0.4 is 5.32 Å². The van der Waals surface area contributed by atoms with Gasteiger partial charge >= 0.3 is 0 Å². The first-order valence-electron chi connectivity index (χ1n) is 9.77. The van der Waals surface area contributed by atoms with Crippen molar-refractivity contribution in [3.63, 3.8) is 0 Å². The summed E-state index contributed by atoms with van der Waals surface area (Å²) in [6.45, 7) is 1.55. The number of amides is 1. The summed E-state index contributed by atoms with van der Waals surface area (Å²) in [7, 11) is -3.92. The lowest BCUT2D eigenvalue weighted by molar-refractivity contribution is -0.116. The molecule has 0 unspecified atom stereocenters. The monoisotopic (exact) mass is 485 g/mol. The molecule has 3 aromatic carbocycles. The molecule has 0 aliphatic carbocycles. The Morgan fingerprint density at radius 1 is 1.09 bits per heavy atom. The van der Waals surface area contributed by atoms with E-state index < -0.39 is 15.9 Å². The molecule has 0 bridgehead atoms. The molecule has 0 radical (unpaired) electrons. The first-order chi connectivity index (χ1) is 15.3. The molecule has 0 aliphatic heterocycles. The molecule has 0 aliphatic rings. The SMILES string of the molecule is Cc1ccc(S(=O)(=O)N(CC(=O)Nc2ccc3sncc3c2)Cc2cccc(Cl)c2)cc1. The number of aryl methyl sites for hydroxylation is 1. The number of aromatic nitrogens is 1. The van der Waals surface area contributed by atoms with Gasteiger partial charge in [0.1, 0.15) is 0 Å². The number of hydrogen-bond donors (Lipinski definition) is 1. The Morgan fingerprint density at radius 2 is 1.88 bits per heavy atom. The maximum atomic E-state index is 13.4. The summed E-state index contributed by atoms with van der Waals surface area (Å²) in [6, 6.07) is 18.9. The lowest BCUT2D eigenvalue weighted by Crippen LogP contribution is -2.37. The van der Waals surface area contributed by atoms with Gasteiger partial charge in [0.2, 0.25) is 15.9 Å². The number of hydrogen-bond acceptors (Lipinski definition) is 5. The van der Waals surface area contributed by atoms with Crippen molar-refractivity contribution in [2.24, 2.45) is 0 Å². The highest BCUT2D eigenvalue weighted by Gasteiger charge is 2.27. The van der Waals surface area contributed by atoms with Gasteiger partial charge in [-0.3, -0.25) is 4.79 Å². The van der Waals surface area contributed by atoms with Crippen molar-refractivity contribution in [2.45, 2.75) is 18.4 Å². The van der Waals surface area contributed by atoms with E-state index in [-0.39, 0.29) is 18.0 Å². The van der Waals surface area contributed by atoms with E-state index >= 15 is 0 Å². The van der Waals surface area contributed by atoms with Crippen molar-refractivity contribution in [3.8, 4) is 0 Å². The molecule has 0 saturated heterocycles. The molecule has 4 aromatic rings. The van der Waals surface area contributed by atoms with Gasteiger partial charge in [-0.25, -0.2) is 8.42 Å². The van der Waals surface area contributed by atoms with Gasteiger partial charge in [-0.15, -0.1) is 0 Å². The second-order valence-corrected chi connectivity index (χ2v) is 10.6. The fraction of sp³-hybridized carbons (Fsp3) is 0.130. The van der Waals surface area contributed by atoms with Crippen LogP contribution in [0.3, 0.4) is 0 Å². The normalized spacial score (nSPS) is 11.7. The van der Waals surface area contributed by atoms with Crippen LogP contribution in [0.1, 0.15) is 11.1 Å². The highest BCUT2D eigenvalue weighted by Crippen LogP contribution is 2.23. The summed E-state index contributed by atoms with van der Waals surface area (Å²) < 4.78 is 33.0. The topological polar surface area (TPSA) is 79.4 Å². The first-order valence-corrected chi connectivity index (χ1v) is 12.4. The second kappa shape index (κ2) is 9.38.